The van der Waals surface area contributed by atoms with E-state index in [1.54, 1.807) is 0 Å². The zero-order valence-corrected chi connectivity index (χ0v) is 9.84. The quantitative estimate of drug-likeness (QED) is 0.686. The van der Waals surface area contributed by atoms with Crippen LogP contribution in [0.15, 0.2) is 0 Å². The summed E-state index contributed by atoms with van der Waals surface area (Å²) in [5, 5.41) is 8.72. The molecule has 0 amide bonds. The minimum absolute atomic E-state index is 0.131. The largest absolute Gasteiger partial charge is 0.481 e. The van der Waals surface area contributed by atoms with Crippen LogP contribution in [0.2, 0.25) is 0 Å². The van der Waals surface area contributed by atoms with E-state index in [1.165, 1.54) is 12.8 Å². The number of carboxylic acids is 1. The summed E-state index contributed by atoms with van der Waals surface area (Å²) in [7, 11) is 2.05. The predicted octanol–water partition coefficient (Wildman–Crippen LogP) is 2.22. The van der Waals surface area contributed by atoms with Crippen molar-refractivity contribution in [2.24, 2.45) is 5.41 Å². The van der Waals surface area contributed by atoms with E-state index in [0.29, 0.717) is 0 Å². The Morgan fingerprint density at radius 1 is 1.43 bits per heavy atom. The van der Waals surface area contributed by atoms with Gasteiger partial charge < -0.3 is 10.0 Å². The van der Waals surface area contributed by atoms with Crippen molar-refractivity contribution >= 4 is 5.97 Å². The molecule has 84 valence electrons. The Morgan fingerprint density at radius 3 is 2.43 bits per heavy atom. The molecule has 0 rings (SSSR count). The minimum atomic E-state index is -0.709. The number of unbranched alkanes of at least 4 members (excludes halogenated alkanes) is 1. The summed E-state index contributed by atoms with van der Waals surface area (Å²) in [6.45, 7) is 8.07. The molecule has 0 spiro atoms. The van der Waals surface area contributed by atoms with Gasteiger partial charge in [0, 0.05) is 6.54 Å². The first kappa shape index (κ1) is 13.4. The summed E-state index contributed by atoms with van der Waals surface area (Å²) >= 11 is 0. The Hall–Kier alpha value is -0.570. The van der Waals surface area contributed by atoms with E-state index in [4.69, 9.17) is 5.11 Å². The average molecular weight is 201 g/mol. The number of nitrogens with zero attached hydrogens (tertiary/aromatic N) is 1. The monoisotopic (exact) mass is 201 g/mol. The van der Waals surface area contributed by atoms with Crippen molar-refractivity contribution in [1.29, 1.82) is 0 Å². The van der Waals surface area contributed by atoms with E-state index in [0.717, 1.165) is 13.1 Å². The van der Waals surface area contributed by atoms with Crippen molar-refractivity contribution < 1.29 is 9.90 Å². The Labute approximate surface area is 87.1 Å². The van der Waals surface area contributed by atoms with Crippen LogP contribution in [0.5, 0.6) is 0 Å². The maximum Gasteiger partial charge on any atom is 0.303 e. The first-order valence-electron chi connectivity index (χ1n) is 5.28. The number of rotatable bonds is 7. The van der Waals surface area contributed by atoms with Crippen molar-refractivity contribution in [3.05, 3.63) is 0 Å². The maximum absolute atomic E-state index is 10.6. The van der Waals surface area contributed by atoms with E-state index in [2.05, 4.69) is 18.9 Å². The van der Waals surface area contributed by atoms with Crippen LogP contribution < -0.4 is 0 Å². The number of carbonyl (C=O) groups is 1. The third-order valence-corrected chi connectivity index (χ3v) is 2.22. The summed E-state index contributed by atoms with van der Waals surface area (Å²) in [5.74, 6) is -0.709. The van der Waals surface area contributed by atoms with Gasteiger partial charge in [-0.3, -0.25) is 4.79 Å². The highest BCUT2D eigenvalue weighted by Crippen LogP contribution is 2.21. The molecule has 0 heterocycles. The molecule has 0 fully saturated rings. The first-order valence-corrected chi connectivity index (χ1v) is 5.28. The van der Waals surface area contributed by atoms with Crippen LogP contribution in [-0.4, -0.2) is 36.1 Å². The van der Waals surface area contributed by atoms with Gasteiger partial charge in [0.25, 0.3) is 0 Å². The summed E-state index contributed by atoms with van der Waals surface area (Å²) < 4.78 is 0. The zero-order chi connectivity index (χ0) is 11.2. The molecule has 3 nitrogen and oxygen atoms in total. The van der Waals surface area contributed by atoms with Crippen molar-refractivity contribution in [3.63, 3.8) is 0 Å². The molecule has 0 saturated carbocycles. The van der Waals surface area contributed by atoms with E-state index in [9.17, 15) is 4.79 Å². The van der Waals surface area contributed by atoms with Crippen LogP contribution in [-0.2, 0) is 4.79 Å². The van der Waals surface area contributed by atoms with Gasteiger partial charge in [0.1, 0.15) is 0 Å². The Kier molecular flexibility index (Phi) is 5.77. The van der Waals surface area contributed by atoms with Crippen LogP contribution in [0, 0.1) is 5.41 Å². The normalized spacial score (nSPS) is 12.1. The standard InChI is InChI=1S/C11H23NO2/c1-5-6-7-12(4)9-11(2,3)8-10(13)14/h5-9H2,1-4H3,(H,13,14). The number of hydrogen-bond acceptors (Lipinski definition) is 2. The molecular formula is C11H23NO2. The van der Waals surface area contributed by atoms with Crippen LogP contribution in [0.1, 0.15) is 40.0 Å². The van der Waals surface area contributed by atoms with Crippen molar-refractivity contribution in [1.82, 2.24) is 4.90 Å². The van der Waals surface area contributed by atoms with E-state index < -0.39 is 5.97 Å². The third kappa shape index (κ3) is 6.89. The fraction of sp³-hybridized carbons (Fsp3) is 0.909. The molecule has 1 N–H and O–H groups in total. The van der Waals surface area contributed by atoms with Crippen LogP contribution in [0.25, 0.3) is 0 Å². The molecule has 0 aromatic carbocycles. The van der Waals surface area contributed by atoms with Gasteiger partial charge in [0.2, 0.25) is 0 Å². The first-order chi connectivity index (χ1) is 6.37. The molecule has 0 unspecified atom stereocenters. The summed E-state index contributed by atoms with van der Waals surface area (Å²) in [6, 6.07) is 0. The highest BCUT2D eigenvalue weighted by molar-refractivity contribution is 5.67. The topological polar surface area (TPSA) is 40.5 Å². The second kappa shape index (κ2) is 6.02. The fourth-order valence-corrected chi connectivity index (χ4v) is 1.70. The molecule has 0 saturated heterocycles. The smallest absolute Gasteiger partial charge is 0.303 e. The van der Waals surface area contributed by atoms with E-state index in [1.807, 2.05) is 13.8 Å². The average Bonchev–Trinajstić information content (AvgIpc) is 1.96. The molecule has 3 heteroatoms. The molecule has 14 heavy (non-hydrogen) atoms. The SMILES string of the molecule is CCCCN(C)CC(C)(C)CC(=O)O. The second-order valence-electron chi connectivity index (χ2n) is 4.83. The number of carboxylic acid groups (broad SMARTS) is 1. The van der Waals surface area contributed by atoms with Gasteiger partial charge in [-0.15, -0.1) is 0 Å². The second-order valence-corrected chi connectivity index (χ2v) is 4.83. The van der Waals surface area contributed by atoms with E-state index >= 15 is 0 Å². The Morgan fingerprint density at radius 2 is 2.00 bits per heavy atom. The molecule has 0 aliphatic heterocycles. The lowest BCUT2D eigenvalue weighted by molar-refractivity contribution is -0.139. The minimum Gasteiger partial charge on any atom is -0.481 e. The Bertz CT molecular complexity index is 178. The van der Waals surface area contributed by atoms with Crippen molar-refractivity contribution in [2.45, 2.75) is 40.0 Å². The maximum atomic E-state index is 10.6. The molecular weight excluding hydrogens is 178 g/mol. The Balaban J connectivity index is 3.88. The summed E-state index contributed by atoms with van der Waals surface area (Å²) in [5.41, 5.74) is -0.131. The highest BCUT2D eigenvalue weighted by Gasteiger charge is 2.23. The van der Waals surface area contributed by atoms with Gasteiger partial charge in [-0.05, 0) is 25.4 Å². The number of aliphatic carboxylic acids is 1. The van der Waals surface area contributed by atoms with Gasteiger partial charge in [-0.25, -0.2) is 0 Å². The van der Waals surface area contributed by atoms with Gasteiger partial charge in [0.15, 0.2) is 0 Å². The van der Waals surface area contributed by atoms with Gasteiger partial charge >= 0.3 is 5.97 Å². The molecule has 0 radical (unpaired) electrons. The van der Waals surface area contributed by atoms with E-state index in [-0.39, 0.29) is 11.8 Å². The lowest BCUT2D eigenvalue weighted by atomic mass is 9.89. The zero-order valence-electron chi connectivity index (χ0n) is 9.84. The van der Waals surface area contributed by atoms with Crippen LogP contribution >= 0.6 is 0 Å². The lowest BCUT2D eigenvalue weighted by Gasteiger charge is -2.28. The molecule has 0 aliphatic rings. The van der Waals surface area contributed by atoms with Gasteiger partial charge in [-0.2, -0.15) is 0 Å². The van der Waals surface area contributed by atoms with Crippen molar-refractivity contribution in [3.8, 4) is 0 Å². The fourth-order valence-electron chi connectivity index (χ4n) is 1.70. The van der Waals surface area contributed by atoms with Gasteiger partial charge in [0.05, 0.1) is 6.42 Å². The highest BCUT2D eigenvalue weighted by atomic mass is 16.4. The van der Waals surface area contributed by atoms with Crippen LogP contribution in [0.3, 0.4) is 0 Å². The van der Waals surface area contributed by atoms with Crippen LogP contribution in [0.4, 0.5) is 0 Å². The summed E-state index contributed by atoms with van der Waals surface area (Å²) in [4.78, 5) is 12.8. The molecule has 0 aromatic heterocycles. The molecule has 0 aromatic rings. The summed E-state index contributed by atoms with van der Waals surface area (Å²) in [6.07, 6.45) is 2.60. The van der Waals surface area contributed by atoms with Gasteiger partial charge in [-0.1, -0.05) is 27.2 Å². The lowest BCUT2D eigenvalue weighted by Crippen LogP contribution is -2.33. The van der Waals surface area contributed by atoms with Crippen molar-refractivity contribution in [2.75, 3.05) is 20.1 Å². The molecule has 0 bridgehead atoms. The molecule has 0 aliphatic carbocycles. The third-order valence-electron chi connectivity index (χ3n) is 2.22. The number of hydrogen-bond donors (Lipinski definition) is 1. The molecule has 0 atom stereocenters. The predicted molar refractivity (Wildman–Crippen MR) is 58.4 cm³/mol.